The quantitative estimate of drug-likeness (QED) is 0.677. The molecular weight excluding hydrogens is 321 g/mol. The zero-order valence-electron chi connectivity index (χ0n) is 13.6. The molecule has 0 fully saturated rings. The van der Waals surface area contributed by atoms with Crippen molar-refractivity contribution in [2.45, 2.75) is 33.1 Å². The van der Waals surface area contributed by atoms with Gasteiger partial charge in [-0.05, 0) is 6.92 Å². The Balaban J connectivity index is 2.43. The molecule has 2 aromatic heterocycles. The number of aliphatic hydroxyl groups excluding tert-OH is 1. The van der Waals surface area contributed by atoms with Crippen LogP contribution in [0.15, 0.2) is 11.1 Å². The van der Waals surface area contributed by atoms with Gasteiger partial charge in [-0.3, -0.25) is 24.5 Å². The number of imidazole rings is 1. The number of amides is 1. The van der Waals surface area contributed by atoms with Crippen LogP contribution in [0.5, 0.6) is 0 Å². The van der Waals surface area contributed by atoms with Crippen LogP contribution in [0, 0.1) is 5.92 Å². The first-order valence-electron chi connectivity index (χ1n) is 7.47. The first-order chi connectivity index (χ1) is 11.4. The SMILES string of the molecule is CC(CO)OC(CF)n1cnc2c(=O)[nH]c(NC(=O)C(C)C)nc21. The fraction of sp³-hybridized carbons (Fsp3) is 0.571. The zero-order chi connectivity index (χ0) is 17.9. The van der Waals surface area contributed by atoms with Crippen LogP contribution < -0.4 is 10.9 Å². The molecule has 1 amide bonds. The zero-order valence-corrected chi connectivity index (χ0v) is 13.6. The van der Waals surface area contributed by atoms with Crippen molar-refractivity contribution in [1.29, 1.82) is 0 Å². The van der Waals surface area contributed by atoms with E-state index in [2.05, 4.69) is 20.3 Å². The average molecular weight is 341 g/mol. The van der Waals surface area contributed by atoms with Gasteiger partial charge in [-0.25, -0.2) is 9.37 Å². The van der Waals surface area contributed by atoms with Crippen molar-refractivity contribution in [2.24, 2.45) is 5.92 Å². The molecule has 2 rings (SSSR count). The van der Waals surface area contributed by atoms with Crippen molar-refractivity contribution in [3.8, 4) is 0 Å². The van der Waals surface area contributed by atoms with Gasteiger partial charge in [-0.15, -0.1) is 0 Å². The molecule has 0 saturated heterocycles. The molecule has 2 aromatic rings. The van der Waals surface area contributed by atoms with Gasteiger partial charge in [0.15, 0.2) is 17.4 Å². The van der Waals surface area contributed by atoms with Crippen LogP contribution in [-0.4, -0.2) is 49.9 Å². The van der Waals surface area contributed by atoms with Crippen molar-refractivity contribution < 1.29 is 19.0 Å². The predicted octanol–water partition coefficient (Wildman–Crippen LogP) is 0.580. The van der Waals surface area contributed by atoms with Gasteiger partial charge in [0.25, 0.3) is 5.56 Å². The Morgan fingerprint density at radius 3 is 2.79 bits per heavy atom. The van der Waals surface area contributed by atoms with Gasteiger partial charge in [0.1, 0.15) is 6.67 Å². The number of hydrogen-bond donors (Lipinski definition) is 3. The molecule has 0 radical (unpaired) electrons. The number of aromatic amines is 1. The highest BCUT2D eigenvalue weighted by Gasteiger charge is 2.20. The highest BCUT2D eigenvalue weighted by Crippen LogP contribution is 2.18. The normalized spacial score (nSPS) is 14.1. The summed E-state index contributed by atoms with van der Waals surface area (Å²) in [5.74, 6) is -0.681. The first kappa shape index (κ1) is 18.0. The van der Waals surface area contributed by atoms with Gasteiger partial charge in [0.2, 0.25) is 11.9 Å². The maximum absolute atomic E-state index is 13.3. The molecule has 0 aliphatic heterocycles. The van der Waals surface area contributed by atoms with E-state index in [1.54, 1.807) is 20.8 Å². The number of nitrogens with zero attached hydrogens (tertiary/aromatic N) is 3. The summed E-state index contributed by atoms with van der Waals surface area (Å²) in [4.78, 5) is 34.2. The Bertz CT molecular complexity index is 772. The minimum absolute atomic E-state index is 0.00347. The number of aromatic nitrogens is 4. The number of nitrogens with one attached hydrogen (secondary N) is 2. The molecule has 2 unspecified atom stereocenters. The lowest BCUT2D eigenvalue weighted by atomic mass is 10.2. The van der Waals surface area contributed by atoms with E-state index in [1.807, 2.05) is 0 Å². The van der Waals surface area contributed by atoms with Crippen LogP contribution in [-0.2, 0) is 9.53 Å². The number of carbonyl (C=O) groups excluding carboxylic acids is 1. The van der Waals surface area contributed by atoms with Gasteiger partial charge >= 0.3 is 0 Å². The molecule has 2 atom stereocenters. The van der Waals surface area contributed by atoms with E-state index in [4.69, 9.17) is 9.84 Å². The third-order valence-corrected chi connectivity index (χ3v) is 3.29. The number of fused-ring (bicyclic) bond motifs is 1. The Labute approximate surface area is 136 Å². The molecule has 0 spiro atoms. The highest BCUT2D eigenvalue weighted by molar-refractivity contribution is 5.91. The van der Waals surface area contributed by atoms with E-state index in [0.29, 0.717) is 0 Å². The van der Waals surface area contributed by atoms with E-state index < -0.39 is 24.6 Å². The molecule has 0 aromatic carbocycles. The number of anilines is 1. The number of ether oxygens (including phenoxy) is 1. The summed E-state index contributed by atoms with van der Waals surface area (Å²) in [5.41, 5.74) is -0.493. The Morgan fingerprint density at radius 2 is 2.21 bits per heavy atom. The Kier molecular flexibility index (Phi) is 5.62. The predicted molar refractivity (Wildman–Crippen MR) is 84.3 cm³/mol. The maximum atomic E-state index is 13.3. The number of carbonyl (C=O) groups is 1. The summed E-state index contributed by atoms with van der Waals surface area (Å²) in [6.07, 6.45) is -0.472. The van der Waals surface area contributed by atoms with Crippen molar-refractivity contribution in [3.05, 3.63) is 16.7 Å². The number of alkyl halides is 1. The van der Waals surface area contributed by atoms with Crippen LogP contribution in [0.2, 0.25) is 0 Å². The minimum atomic E-state index is -1.10. The molecule has 2 heterocycles. The molecule has 9 nitrogen and oxygen atoms in total. The van der Waals surface area contributed by atoms with E-state index in [-0.39, 0.29) is 35.5 Å². The number of hydrogen-bond acceptors (Lipinski definition) is 6. The molecule has 0 bridgehead atoms. The number of rotatable bonds is 7. The van der Waals surface area contributed by atoms with Crippen LogP contribution in [0.1, 0.15) is 27.0 Å². The fourth-order valence-electron chi connectivity index (χ4n) is 1.94. The third kappa shape index (κ3) is 3.77. The Morgan fingerprint density at radius 1 is 1.50 bits per heavy atom. The number of aliphatic hydroxyl groups is 1. The molecular formula is C14H20FN5O4. The lowest BCUT2D eigenvalue weighted by molar-refractivity contribution is -0.118. The van der Waals surface area contributed by atoms with Gasteiger partial charge < -0.3 is 9.84 Å². The summed E-state index contributed by atoms with van der Waals surface area (Å²) in [6.45, 7) is 3.78. The topological polar surface area (TPSA) is 122 Å². The molecule has 3 N–H and O–H groups in total. The van der Waals surface area contributed by atoms with Crippen LogP contribution in [0.3, 0.4) is 0 Å². The highest BCUT2D eigenvalue weighted by atomic mass is 19.1. The minimum Gasteiger partial charge on any atom is -0.394 e. The molecule has 10 heteroatoms. The summed E-state index contributed by atoms with van der Waals surface area (Å²) in [6, 6.07) is 0. The molecule has 132 valence electrons. The van der Waals surface area contributed by atoms with Crippen molar-refractivity contribution >= 4 is 23.0 Å². The van der Waals surface area contributed by atoms with E-state index in [1.165, 1.54) is 10.9 Å². The van der Waals surface area contributed by atoms with E-state index in [9.17, 15) is 14.0 Å². The van der Waals surface area contributed by atoms with Crippen LogP contribution in [0.25, 0.3) is 11.2 Å². The second-order valence-corrected chi connectivity index (χ2v) is 5.62. The first-order valence-corrected chi connectivity index (χ1v) is 7.47. The van der Waals surface area contributed by atoms with Gasteiger partial charge in [0, 0.05) is 5.92 Å². The van der Waals surface area contributed by atoms with Gasteiger partial charge in [0.05, 0.1) is 19.0 Å². The number of halogens is 1. The second-order valence-electron chi connectivity index (χ2n) is 5.62. The summed E-state index contributed by atoms with van der Waals surface area (Å²) in [5, 5.41) is 11.5. The number of H-pyrrole nitrogens is 1. The standard InChI is InChI=1S/C14H20FN5O4/c1-7(2)12(22)18-14-17-11-10(13(23)19-14)16-6-20(11)9(4-15)24-8(3)5-21/h6-9,21H,4-5H2,1-3H3,(H2,17,18,19,22,23). The largest absolute Gasteiger partial charge is 0.394 e. The molecule has 0 saturated carbocycles. The van der Waals surface area contributed by atoms with Crippen LogP contribution in [0.4, 0.5) is 10.3 Å². The van der Waals surface area contributed by atoms with Crippen molar-refractivity contribution in [3.63, 3.8) is 0 Å². The summed E-state index contributed by atoms with van der Waals surface area (Å²) >= 11 is 0. The fourth-order valence-corrected chi connectivity index (χ4v) is 1.94. The summed E-state index contributed by atoms with van der Waals surface area (Å²) in [7, 11) is 0. The molecule has 0 aliphatic rings. The lowest BCUT2D eigenvalue weighted by Gasteiger charge is -2.20. The van der Waals surface area contributed by atoms with Crippen molar-refractivity contribution in [2.75, 3.05) is 18.6 Å². The smallest absolute Gasteiger partial charge is 0.280 e. The lowest BCUT2D eigenvalue weighted by Crippen LogP contribution is -2.24. The van der Waals surface area contributed by atoms with Crippen LogP contribution >= 0.6 is 0 Å². The molecule has 24 heavy (non-hydrogen) atoms. The van der Waals surface area contributed by atoms with E-state index in [0.717, 1.165) is 0 Å². The van der Waals surface area contributed by atoms with Crippen molar-refractivity contribution in [1.82, 2.24) is 19.5 Å². The van der Waals surface area contributed by atoms with Gasteiger partial charge in [-0.1, -0.05) is 13.8 Å². The molecule has 0 aliphatic carbocycles. The Hall–Kier alpha value is -2.33. The monoisotopic (exact) mass is 341 g/mol. The van der Waals surface area contributed by atoms with Gasteiger partial charge in [-0.2, -0.15) is 4.98 Å². The second kappa shape index (κ2) is 7.49. The third-order valence-electron chi connectivity index (χ3n) is 3.29. The van der Waals surface area contributed by atoms with E-state index >= 15 is 0 Å². The maximum Gasteiger partial charge on any atom is 0.280 e. The average Bonchev–Trinajstić information content (AvgIpc) is 2.96. The summed E-state index contributed by atoms with van der Waals surface area (Å²) < 4.78 is 19.9.